The van der Waals surface area contributed by atoms with Gasteiger partial charge >= 0.3 is 0 Å². The number of nitrogen functional groups attached to an aromatic ring is 1. The maximum atomic E-state index is 11.8. The molecule has 0 fully saturated rings. The summed E-state index contributed by atoms with van der Waals surface area (Å²) in [5.74, 6) is -0.560. The third kappa shape index (κ3) is 4.46. The summed E-state index contributed by atoms with van der Waals surface area (Å²) < 4.78 is 0. The highest BCUT2D eigenvalue weighted by Gasteiger charge is 2.14. The van der Waals surface area contributed by atoms with Crippen LogP contribution in [0.1, 0.15) is 6.92 Å². The molecule has 0 radical (unpaired) electrons. The zero-order valence-electron chi connectivity index (χ0n) is 9.77. The number of amides is 2. The molecule has 0 aliphatic heterocycles. The Kier molecular flexibility index (Phi) is 5.30. The van der Waals surface area contributed by atoms with E-state index in [2.05, 4.69) is 5.32 Å². The normalized spacial score (nSPS) is 11.9. The predicted molar refractivity (Wildman–Crippen MR) is 75.6 cm³/mol. The van der Waals surface area contributed by atoms with Gasteiger partial charge < -0.3 is 16.8 Å². The Bertz CT molecular complexity index is 468. The van der Waals surface area contributed by atoms with Gasteiger partial charge in [-0.1, -0.05) is 11.6 Å². The van der Waals surface area contributed by atoms with Crippen molar-refractivity contribution in [3.05, 3.63) is 23.2 Å². The molecule has 5 nitrogen and oxygen atoms in total. The van der Waals surface area contributed by atoms with Gasteiger partial charge in [0.1, 0.15) is 0 Å². The lowest BCUT2D eigenvalue weighted by molar-refractivity contribution is -0.115. The monoisotopic (exact) mass is 287 g/mol. The Labute approximate surface area is 114 Å². The number of hydrogen-bond acceptors (Lipinski definition) is 4. The first-order valence-electron chi connectivity index (χ1n) is 5.16. The van der Waals surface area contributed by atoms with Crippen LogP contribution < -0.4 is 16.8 Å². The highest BCUT2D eigenvalue weighted by atomic mass is 35.5. The van der Waals surface area contributed by atoms with Gasteiger partial charge in [-0.25, -0.2) is 0 Å². The summed E-state index contributed by atoms with van der Waals surface area (Å²) in [6, 6.07) is 4.83. The van der Waals surface area contributed by atoms with Gasteiger partial charge in [-0.3, -0.25) is 9.59 Å². The van der Waals surface area contributed by atoms with Crippen LogP contribution >= 0.6 is 23.4 Å². The van der Waals surface area contributed by atoms with Crippen LogP contribution in [0.5, 0.6) is 0 Å². The van der Waals surface area contributed by atoms with Crippen LogP contribution in [0.15, 0.2) is 18.2 Å². The number of hydrogen-bond donors (Lipinski definition) is 3. The summed E-state index contributed by atoms with van der Waals surface area (Å²) in [5, 5.41) is 2.74. The highest BCUT2D eigenvalue weighted by Crippen LogP contribution is 2.23. The zero-order valence-corrected chi connectivity index (χ0v) is 11.3. The zero-order chi connectivity index (χ0) is 13.7. The van der Waals surface area contributed by atoms with Crippen molar-refractivity contribution in [1.29, 1.82) is 0 Å². The quantitative estimate of drug-likeness (QED) is 0.714. The number of carbonyl (C=O) groups excluding carboxylic acids is 2. The lowest BCUT2D eigenvalue weighted by Gasteiger charge is -2.11. The van der Waals surface area contributed by atoms with Gasteiger partial charge in [0.15, 0.2) is 0 Å². The van der Waals surface area contributed by atoms with Gasteiger partial charge in [-0.15, -0.1) is 11.8 Å². The summed E-state index contributed by atoms with van der Waals surface area (Å²) in [4.78, 5) is 22.4. The molecule has 0 heterocycles. The number of benzene rings is 1. The van der Waals surface area contributed by atoms with Crippen molar-refractivity contribution in [1.82, 2.24) is 0 Å². The summed E-state index contributed by atoms with van der Waals surface area (Å²) in [5.41, 5.74) is 11.6. The predicted octanol–water partition coefficient (Wildman–Crippen LogP) is 1.47. The van der Waals surface area contributed by atoms with E-state index in [1.807, 2.05) is 0 Å². The van der Waals surface area contributed by atoms with Crippen molar-refractivity contribution in [3.8, 4) is 0 Å². The molecule has 1 aromatic carbocycles. The van der Waals surface area contributed by atoms with Crippen molar-refractivity contribution in [2.45, 2.75) is 12.2 Å². The van der Waals surface area contributed by atoms with Crippen LogP contribution in [0, 0.1) is 0 Å². The summed E-state index contributed by atoms with van der Waals surface area (Å²) in [7, 11) is 0. The molecule has 1 unspecified atom stereocenters. The van der Waals surface area contributed by atoms with E-state index in [9.17, 15) is 9.59 Å². The lowest BCUT2D eigenvalue weighted by atomic mass is 10.2. The molecular formula is C11H14ClN3O2S. The molecule has 1 rings (SSSR count). The van der Waals surface area contributed by atoms with Gasteiger partial charge in [0.2, 0.25) is 11.8 Å². The van der Waals surface area contributed by atoms with E-state index in [4.69, 9.17) is 23.1 Å². The molecule has 0 saturated carbocycles. The molecule has 18 heavy (non-hydrogen) atoms. The van der Waals surface area contributed by atoms with E-state index < -0.39 is 5.91 Å². The van der Waals surface area contributed by atoms with Crippen LogP contribution in [-0.4, -0.2) is 22.8 Å². The maximum absolute atomic E-state index is 11.8. The van der Waals surface area contributed by atoms with E-state index >= 15 is 0 Å². The Balaban J connectivity index is 2.58. The van der Waals surface area contributed by atoms with Crippen LogP contribution in [0.2, 0.25) is 5.02 Å². The molecule has 0 saturated heterocycles. The topological polar surface area (TPSA) is 98.2 Å². The second kappa shape index (κ2) is 6.51. The van der Waals surface area contributed by atoms with E-state index in [1.165, 1.54) is 11.8 Å². The Hall–Kier alpha value is -1.40. The van der Waals surface area contributed by atoms with Gasteiger partial charge in [0.25, 0.3) is 0 Å². The third-order valence-corrected chi connectivity index (χ3v) is 3.62. The number of nitrogens with two attached hydrogens (primary N) is 2. The molecule has 1 aromatic rings. The minimum absolute atomic E-state index is 0.108. The molecule has 1 atom stereocenters. The largest absolute Gasteiger partial charge is 0.397 e. The molecule has 0 aliphatic carbocycles. The molecule has 5 N–H and O–H groups in total. The third-order valence-electron chi connectivity index (χ3n) is 2.11. The second-order valence-electron chi connectivity index (χ2n) is 3.65. The molecule has 0 bridgehead atoms. The number of anilines is 2. The van der Waals surface area contributed by atoms with Crippen molar-refractivity contribution in [2.75, 3.05) is 16.8 Å². The first-order chi connectivity index (χ1) is 8.40. The first-order valence-corrected chi connectivity index (χ1v) is 6.58. The second-order valence-corrected chi connectivity index (χ2v) is 5.38. The smallest absolute Gasteiger partial charge is 0.237 e. The van der Waals surface area contributed by atoms with Crippen LogP contribution in [-0.2, 0) is 9.59 Å². The maximum Gasteiger partial charge on any atom is 0.237 e. The SMILES string of the molecule is CC(SCC(N)=O)C(=O)Nc1ccc(Cl)c(N)c1. The molecular weight excluding hydrogens is 274 g/mol. The Morgan fingerprint density at radius 1 is 1.50 bits per heavy atom. The van der Waals surface area contributed by atoms with E-state index in [-0.39, 0.29) is 16.9 Å². The average Bonchev–Trinajstić information content (AvgIpc) is 2.30. The molecule has 0 aromatic heterocycles. The number of primary amides is 1. The van der Waals surface area contributed by atoms with E-state index in [0.29, 0.717) is 16.4 Å². The minimum Gasteiger partial charge on any atom is -0.397 e. The van der Waals surface area contributed by atoms with Crippen LogP contribution in [0.4, 0.5) is 11.4 Å². The number of carbonyl (C=O) groups is 2. The Morgan fingerprint density at radius 2 is 2.17 bits per heavy atom. The average molecular weight is 288 g/mol. The number of thioether (sulfide) groups is 1. The van der Waals surface area contributed by atoms with Gasteiger partial charge in [0.05, 0.1) is 21.7 Å². The van der Waals surface area contributed by atoms with E-state index in [0.717, 1.165) is 0 Å². The number of rotatable bonds is 5. The molecule has 0 aliphatic rings. The van der Waals surface area contributed by atoms with Gasteiger partial charge in [-0.05, 0) is 25.1 Å². The van der Waals surface area contributed by atoms with Crippen LogP contribution in [0.3, 0.4) is 0 Å². The molecule has 0 spiro atoms. The van der Waals surface area contributed by atoms with Crippen molar-refractivity contribution < 1.29 is 9.59 Å². The fourth-order valence-corrected chi connectivity index (χ4v) is 1.89. The van der Waals surface area contributed by atoms with Crippen LogP contribution in [0.25, 0.3) is 0 Å². The van der Waals surface area contributed by atoms with Crippen molar-refractivity contribution in [2.24, 2.45) is 5.73 Å². The van der Waals surface area contributed by atoms with E-state index in [1.54, 1.807) is 25.1 Å². The standard InChI is InChI=1S/C11H14ClN3O2S/c1-6(18-5-10(14)16)11(17)15-7-2-3-8(12)9(13)4-7/h2-4,6H,5,13H2,1H3,(H2,14,16)(H,15,17). The fraction of sp³-hybridized carbons (Fsp3) is 0.273. The first kappa shape index (κ1) is 14.7. The summed E-state index contributed by atoms with van der Waals surface area (Å²) in [6.45, 7) is 1.70. The highest BCUT2D eigenvalue weighted by molar-refractivity contribution is 8.01. The minimum atomic E-state index is -0.449. The Morgan fingerprint density at radius 3 is 2.72 bits per heavy atom. The molecule has 2 amide bonds. The molecule has 7 heteroatoms. The van der Waals surface area contributed by atoms with Gasteiger partial charge in [0, 0.05) is 5.69 Å². The summed E-state index contributed by atoms with van der Waals surface area (Å²) >= 11 is 6.95. The summed E-state index contributed by atoms with van der Waals surface area (Å²) in [6.07, 6.45) is 0. The molecule has 98 valence electrons. The van der Waals surface area contributed by atoms with Gasteiger partial charge in [-0.2, -0.15) is 0 Å². The number of nitrogens with one attached hydrogen (secondary N) is 1. The lowest BCUT2D eigenvalue weighted by Crippen LogP contribution is -2.25. The number of halogens is 1. The van der Waals surface area contributed by atoms with Crippen molar-refractivity contribution >= 4 is 46.6 Å². The van der Waals surface area contributed by atoms with Crippen molar-refractivity contribution in [3.63, 3.8) is 0 Å². The fourth-order valence-electron chi connectivity index (χ4n) is 1.15.